The van der Waals surface area contributed by atoms with Crippen molar-refractivity contribution >= 4 is 23.3 Å². The molecule has 6 nitrogen and oxygen atoms in total. The molecule has 1 heterocycles. The summed E-state index contributed by atoms with van der Waals surface area (Å²) in [6, 6.07) is 13.2. The summed E-state index contributed by atoms with van der Waals surface area (Å²) >= 11 is 0. The average Bonchev–Trinajstić information content (AvgIpc) is 3.23. The van der Waals surface area contributed by atoms with E-state index >= 15 is 0 Å². The third-order valence-electron chi connectivity index (χ3n) is 4.83. The number of benzene rings is 2. The molecule has 1 fully saturated rings. The molecule has 2 aromatic rings. The Hall–Kier alpha value is -3.02. The van der Waals surface area contributed by atoms with E-state index in [1.807, 2.05) is 19.1 Å². The van der Waals surface area contributed by atoms with Gasteiger partial charge in [-0.2, -0.15) is 0 Å². The number of methoxy groups -OCH3 is 1. The molecule has 1 aliphatic rings. The topological polar surface area (TPSA) is 67.9 Å². The zero-order chi connectivity index (χ0) is 19.9. The summed E-state index contributed by atoms with van der Waals surface area (Å²) in [5.41, 5.74) is 3.71. The Balaban J connectivity index is 1.47. The van der Waals surface area contributed by atoms with Gasteiger partial charge in [0.05, 0.1) is 13.5 Å². The van der Waals surface area contributed by atoms with Gasteiger partial charge >= 0.3 is 5.97 Å². The molecule has 1 aliphatic heterocycles. The molecular formula is C22H26N2O4. The van der Waals surface area contributed by atoms with Crippen LogP contribution in [0.1, 0.15) is 24.0 Å². The lowest BCUT2D eigenvalue weighted by Crippen LogP contribution is -2.22. The highest BCUT2D eigenvalue weighted by Gasteiger charge is 2.14. The first-order valence-electron chi connectivity index (χ1n) is 9.49. The number of esters is 1. The standard InChI is InChI=1S/C22H26N2O4/c1-16-13-18(24-11-3-4-12-24)7-10-20(16)23-21(25)15-28-22(26)14-17-5-8-19(27-2)9-6-17/h5-10,13H,3-4,11-12,14-15H2,1-2H3,(H,23,25). The molecule has 0 saturated carbocycles. The van der Waals surface area contributed by atoms with E-state index < -0.39 is 5.97 Å². The number of aryl methyl sites for hydroxylation is 1. The lowest BCUT2D eigenvalue weighted by atomic mass is 10.1. The monoisotopic (exact) mass is 382 g/mol. The Morgan fingerprint density at radius 2 is 1.79 bits per heavy atom. The fourth-order valence-electron chi connectivity index (χ4n) is 3.25. The van der Waals surface area contributed by atoms with Gasteiger partial charge in [0.1, 0.15) is 5.75 Å². The van der Waals surface area contributed by atoms with Crippen molar-refractivity contribution in [3.05, 3.63) is 53.6 Å². The number of ether oxygens (including phenoxy) is 2. The van der Waals surface area contributed by atoms with Crippen molar-refractivity contribution in [3.8, 4) is 5.75 Å². The van der Waals surface area contributed by atoms with Crippen LogP contribution in [0.4, 0.5) is 11.4 Å². The summed E-state index contributed by atoms with van der Waals surface area (Å²) in [5.74, 6) is -0.0656. The maximum Gasteiger partial charge on any atom is 0.310 e. The van der Waals surface area contributed by atoms with Gasteiger partial charge in [0.15, 0.2) is 6.61 Å². The van der Waals surface area contributed by atoms with E-state index in [2.05, 4.69) is 16.3 Å². The lowest BCUT2D eigenvalue weighted by molar-refractivity contribution is -0.146. The van der Waals surface area contributed by atoms with Crippen molar-refractivity contribution in [3.63, 3.8) is 0 Å². The molecule has 2 aromatic carbocycles. The molecule has 3 rings (SSSR count). The van der Waals surface area contributed by atoms with Gasteiger partial charge in [-0.3, -0.25) is 9.59 Å². The van der Waals surface area contributed by atoms with Gasteiger partial charge in [-0.25, -0.2) is 0 Å². The summed E-state index contributed by atoms with van der Waals surface area (Å²) in [5, 5.41) is 2.81. The second kappa shape index (κ2) is 9.26. The summed E-state index contributed by atoms with van der Waals surface area (Å²) in [6.45, 7) is 3.82. The van der Waals surface area contributed by atoms with Crippen molar-refractivity contribution in [1.82, 2.24) is 0 Å². The Bertz CT molecular complexity index is 827. The molecular weight excluding hydrogens is 356 g/mol. The number of hydrogen-bond donors (Lipinski definition) is 1. The normalized spacial score (nSPS) is 13.3. The predicted octanol–water partition coefficient (Wildman–Crippen LogP) is 3.33. The minimum absolute atomic E-state index is 0.112. The molecule has 1 amide bonds. The Morgan fingerprint density at radius 3 is 2.43 bits per heavy atom. The maximum atomic E-state index is 12.1. The molecule has 0 aromatic heterocycles. The zero-order valence-corrected chi connectivity index (χ0v) is 16.4. The summed E-state index contributed by atoms with van der Waals surface area (Å²) in [7, 11) is 1.59. The van der Waals surface area contributed by atoms with Crippen LogP contribution in [0.25, 0.3) is 0 Å². The van der Waals surface area contributed by atoms with Crippen LogP contribution in [-0.4, -0.2) is 38.7 Å². The van der Waals surface area contributed by atoms with Crippen molar-refractivity contribution < 1.29 is 19.1 Å². The summed E-state index contributed by atoms with van der Waals surface area (Å²) in [4.78, 5) is 26.4. The Morgan fingerprint density at radius 1 is 1.07 bits per heavy atom. The molecule has 148 valence electrons. The van der Waals surface area contributed by atoms with Crippen LogP contribution in [0.5, 0.6) is 5.75 Å². The predicted molar refractivity (Wildman–Crippen MR) is 109 cm³/mol. The number of hydrogen-bond acceptors (Lipinski definition) is 5. The van der Waals surface area contributed by atoms with E-state index in [0.717, 1.165) is 35.7 Å². The molecule has 0 aliphatic carbocycles. The van der Waals surface area contributed by atoms with E-state index in [-0.39, 0.29) is 18.9 Å². The molecule has 0 bridgehead atoms. The molecule has 0 unspecified atom stereocenters. The second-order valence-electron chi connectivity index (χ2n) is 6.93. The van der Waals surface area contributed by atoms with Crippen LogP contribution in [0.2, 0.25) is 0 Å². The van der Waals surface area contributed by atoms with Gasteiger partial charge in [0, 0.05) is 24.5 Å². The minimum Gasteiger partial charge on any atom is -0.497 e. The van der Waals surface area contributed by atoms with E-state index in [1.165, 1.54) is 18.5 Å². The quantitative estimate of drug-likeness (QED) is 0.744. The first-order chi connectivity index (χ1) is 13.5. The molecule has 1 N–H and O–H groups in total. The Kier molecular flexibility index (Phi) is 6.53. The molecule has 0 atom stereocenters. The average molecular weight is 382 g/mol. The molecule has 0 spiro atoms. The molecule has 28 heavy (non-hydrogen) atoms. The number of nitrogens with zero attached hydrogens (tertiary/aromatic N) is 1. The van der Waals surface area contributed by atoms with E-state index in [0.29, 0.717) is 0 Å². The maximum absolute atomic E-state index is 12.1. The highest BCUT2D eigenvalue weighted by Crippen LogP contribution is 2.25. The van der Waals surface area contributed by atoms with Crippen LogP contribution < -0.4 is 15.0 Å². The van der Waals surface area contributed by atoms with E-state index in [9.17, 15) is 9.59 Å². The molecule has 1 saturated heterocycles. The van der Waals surface area contributed by atoms with Crippen LogP contribution in [0, 0.1) is 6.92 Å². The smallest absolute Gasteiger partial charge is 0.310 e. The lowest BCUT2D eigenvalue weighted by Gasteiger charge is -2.19. The zero-order valence-electron chi connectivity index (χ0n) is 16.4. The van der Waals surface area contributed by atoms with Gasteiger partial charge in [0.25, 0.3) is 5.91 Å². The minimum atomic E-state index is -0.443. The number of nitrogens with one attached hydrogen (secondary N) is 1. The number of carbonyl (C=O) groups is 2. The van der Waals surface area contributed by atoms with Gasteiger partial charge in [-0.1, -0.05) is 12.1 Å². The summed E-state index contributed by atoms with van der Waals surface area (Å²) < 4.78 is 10.2. The number of carbonyl (C=O) groups excluding carboxylic acids is 2. The SMILES string of the molecule is COc1ccc(CC(=O)OCC(=O)Nc2ccc(N3CCCC3)cc2C)cc1. The first kappa shape index (κ1) is 19.7. The third-order valence-corrected chi connectivity index (χ3v) is 4.83. The summed E-state index contributed by atoms with van der Waals surface area (Å²) in [6.07, 6.45) is 2.56. The van der Waals surface area contributed by atoms with E-state index in [4.69, 9.17) is 9.47 Å². The molecule has 0 radical (unpaired) electrons. The van der Waals surface area contributed by atoms with Gasteiger partial charge in [0.2, 0.25) is 0 Å². The largest absolute Gasteiger partial charge is 0.497 e. The van der Waals surface area contributed by atoms with Gasteiger partial charge in [-0.05, 0) is 61.2 Å². The van der Waals surface area contributed by atoms with Crippen LogP contribution in [0.15, 0.2) is 42.5 Å². The van der Waals surface area contributed by atoms with Crippen molar-refractivity contribution in [2.24, 2.45) is 0 Å². The number of rotatable bonds is 7. The van der Waals surface area contributed by atoms with Gasteiger partial charge in [-0.15, -0.1) is 0 Å². The third kappa shape index (κ3) is 5.25. The molecule has 6 heteroatoms. The van der Waals surface area contributed by atoms with Crippen molar-refractivity contribution in [2.75, 3.05) is 37.0 Å². The van der Waals surface area contributed by atoms with Crippen molar-refractivity contribution in [1.29, 1.82) is 0 Å². The highest BCUT2D eigenvalue weighted by atomic mass is 16.5. The highest BCUT2D eigenvalue weighted by molar-refractivity contribution is 5.93. The fourth-order valence-corrected chi connectivity index (χ4v) is 3.25. The number of amides is 1. The second-order valence-corrected chi connectivity index (χ2v) is 6.93. The fraction of sp³-hybridized carbons (Fsp3) is 0.364. The first-order valence-corrected chi connectivity index (χ1v) is 9.49. The van der Waals surface area contributed by atoms with E-state index in [1.54, 1.807) is 31.4 Å². The van der Waals surface area contributed by atoms with Crippen LogP contribution in [-0.2, 0) is 20.7 Å². The number of anilines is 2. The van der Waals surface area contributed by atoms with Crippen LogP contribution >= 0.6 is 0 Å². The Labute approximate surface area is 165 Å². The van der Waals surface area contributed by atoms with Crippen molar-refractivity contribution in [2.45, 2.75) is 26.2 Å². The van der Waals surface area contributed by atoms with Gasteiger partial charge < -0.3 is 19.7 Å². The van der Waals surface area contributed by atoms with Crippen LogP contribution in [0.3, 0.4) is 0 Å².